The van der Waals surface area contributed by atoms with Crippen molar-refractivity contribution in [3.63, 3.8) is 0 Å². The zero-order chi connectivity index (χ0) is 8.39. The van der Waals surface area contributed by atoms with Crippen molar-refractivity contribution in [1.82, 2.24) is 4.90 Å². The maximum atomic E-state index is 9.06. The lowest BCUT2D eigenvalue weighted by Gasteiger charge is -2.20. The van der Waals surface area contributed by atoms with E-state index < -0.39 is 0 Å². The Labute approximate surface area is 74.6 Å². The minimum atomic E-state index is 0.396. The van der Waals surface area contributed by atoms with Gasteiger partial charge < -0.3 is 10.0 Å². The number of rotatable bonds is 1. The molecule has 0 aromatic heterocycles. The maximum Gasteiger partial charge on any atom is 0.0472 e. The van der Waals surface area contributed by atoms with Crippen LogP contribution in [-0.4, -0.2) is 35.7 Å². The van der Waals surface area contributed by atoms with Crippen LogP contribution in [0.15, 0.2) is 0 Å². The van der Waals surface area contributed by atoms with E-state index in [4.69, 9.17) is 5.11 Å². The van der Waals surface area contributed by atoms with Crippen LogP contribution in [0.25, 0.3) is 0 Å². The quantitative estimate of drug-likeness (QED) is 0.638. The summed E-state index contributed by atoms with van der Waals surface area (Å²) in [5.41, 5.74) is 0. The molecule has 0 bridgehead atoms. The molecule has 12 heavy (non-hydrogen) atoms. The van der Waals surface area contributed by atoms with Gasteiger partial charge in [-0.15, -0.1) is 0 Å². The third-order valence-electron chi connectivity index (χ3n) is 3.36. The van der Waals surface area contributed by atoms with Gasteiger partial charge in [0.05, 0.1) is 0 Å². The second-order valence-electron chi connectivity index (χ2n) is 4.28. The van der Waals surface area contributed by atoms with Crippen molar-refractivity contribution in [2.75, 3.05) is 19.7 Å². The minimum absolute atomic E-state index is 0.396. The maximum absolute atomic E-state index is 9.06. The molecule has 0 aliphatic carbocycles. The van der Waals surface area contributed by atoms with Gasteiger partial charge in [0.1, 0.15) is 0 Å². The highest BCUT2D eigenvalue weighted by Crippen LogP contribution is 2.29. The Morgan fingerprint density at radius 1 is 1.25 bits per heavy atom. The molecule has 0 radical (unpaired) electrons. The molecule has 1 N–H and O–H groups in total. The molecule has 2 atom stereocenters. The molecule has 2 unspecified atom stereocenters. The molecule has 2 heteroatoms. The topological polar surface area (TPSA) is 23.5 Å². The van der Waals surface area contributed by atoms with E-state index in [2.05, 4.69) is 4.90 Å². The van der Waals surface area contributed by atoms with Gasteiger partial charge in [-0.25, -0.2) is 0 Å². The average Bonchev–Trinajstić information content (AvgIpc) is 2.37. The van der Waals surface area contributed by atoms with Crippen LogP contribution in [0.3, 0.4) is 0 Å². The van der Waals surface area contributed by atoms with Crippen LogP contribution in [0.1, 0.15) is 32.1 Å². The Morgan fingerprint density at radius 3 is 3.00 bits per heavy atom. The summed E-state index contributed by atoms with van der Waals surface area (Å²) < 4.78 is 0. The second-order valence-corrected chi connectivity index (χ2v) is 4.28. The summed E-state index contributed by atoms with van der Waals surface area (Å²) >= 11 is 0. The summed E-state index contributed by atoms with van der Waals surface area (Å²) in [6, 6.07) is 0.810. The first-order chi connectivity index (χ1) is 5.90. The standard InChI is InChI=1S/C10H19NO/c12-8-9-6-10-4-2-1-3-5-11(10)7-9/h9-10,12H,1-8H2. The number of hydrogen-bond acceptors (Lipinski definition) is 2. The molecule has 2 saturated heterocycles. The van der Waals surface area contributed by atoms with E-state index in [-0.39, 0.29) is 0 Å². The SMILES string of the molecule is OCC1CC2CCCCCN2C1. The zero-order valence-electron chi connectivity index (χ0n) is 7.71. The van der Waals surface area contributed by atoms with Crippen molar-refractivity contribution in [2.24, 2.45) is 5.92 Å². The Balaban J connectivity index is 1.92. The fraction of sp³-hybridized carbons (Fsp3) is 1.00. The third-order valence-corrected chi connectivity index (χ3v) is 3.36. The van der Waals surface area contributed by atoms with Gasteiger partial charge in [0.2, 0.25) is 0 Å². The fourth-order valence-electron chi connectivity index (χ4n) is 2.67. The van der Waals surface area contributed by atoms with E-state index in [9.17, 15) is 0 Å². The average molecular weight is 169 g/mol. The molecule has 2 aliphatic heterocycles. The molecular weight excluding hydrogens is 150 g/mol. The Bertz CT molecular complexity index is 135. The number of fused-ring (bicyclic) bond motifs is 1. The second kappa shape index (κ2) is 3.75. The van der Waals surface area contributed by atoms with Gasteiger partial charge in [-0.1, -0.05) is 12.8 Å². The molecule has 2 fully saturated rings. The fourth-order valence-corrected chi connectivity index (χ4v) is 2.67. The van der Waals surface area contributed by atoms with Crippen molar-refractivity contribution < 1.29 is 5.11 Å². The van der Waals surface area contributed by atoms with Crippen molar-refractivity contribution >= 4 is 0 Å². The molecule has 0 aromatic carbocycles. The summed E-state index contributed by atoms with van der Waals surface area (Å²) in [6.07, 6.45) is 6.80. The van der Waals surface area contributed by atoms with Gasteiger partial charge in [0, 0.05) is 19.2 Å². The van der Waals surface area contributed by atoms with Crippen LogP contribution in [0.2, 0.25) is 0 Å². The Morgan fingerprint density at radius 2 is 2.17 bits per heavy atom. The highest BCUT2D eigenvalue weighted by Gasteiger charge is 2.31. The van der Waals surface area contributed by atoms with E-state index in [1.807, 2.05) is 0 Å². The molecule has 0 aromatic rings. The molecule has 2 heterocycles. The van der Waals surface area contributed by atoms with E-state index in [1.54, 1.807) is 0 Å². The number of aliphatic hydroxyl groups excluding tert-OH is 1. The van der Waals surface area contributed by atoms with E-state index in [0.29, 0.717) is 12.5 Å². The van der Waals surface area contributed by atoms with Crippen LogP contribution in [-0.2, 0) is 0 Å². The summed E-state index contributed by atoms with van der Waals surface area (Å²) in [5.74, 6) is 0.577. The molecule has 2 aliphatic rings. The van der Waals surface area contributed by atoms with Crippen molar-refractivity contribution in [2.45, 2.75) is 38.1 Å². The van der Waals surface area contributed by atoms with Crippen LogP contribution >= 0.6 is 0 Å². The summed E-state index contributed by atoms with van der Waals surface area (Å²) in [6.45, 7) is 2.83. The largest absolute Gasteiger partial charge is 0.396 e. The highest BCUT2D eigenvalue weighted by molar-refractivity contribution is 4.86. The lowest BCUT2D eigenvalue weighted by atomic mass is 10.0. The van der Waals surface area contributed by atoms with Gasteiger partial charge in [-0.2, -0.15) is 0 Å². The molecule has 0 saturated carbocycles. The van der Waals surface area contributed by atoms with Gasteiger partial charge in [-0.3, -0.25) is 0 Å². The normalized spacial score (nSPS) is 37.8. The number of aliphatic hydroxyl groups is 1. The van der Waals surface area contributed by atoms with Crippen LogP contribution in [0.5, 0.6) is 0 Å². The van der Waals surface area contributed by atoms with Gasteiger partial charge in [0.15, 0.2) is 0 Å². The molecule has 0 spiro atoms. The van der Waals surface area contributed by atoms with Crippen molar-refractivity contribution in [3.05, 3.63) is 0 Å². The highest BCUT2D eigenvalue weighted by atomic mass is 16.3. The van der Waals surface area contributed by atoms with Crippen LogP contribution < -0.4 is 0 Å². The van der Waals surface area contributed by atoms with E-state index in [1.165, 1.54) is 38.6 Å². The summed E-state index contributed by atoms with van der Waals surface area (Å²) in [7, 11) is 0. The van der Waals surface area contributed by atoms with Gasteiger partial charge in [0.25, 0.3) is 0 Å². The lowest BCUT2D eigenvalue weighted by Crippen LogP contribution is -2.28. The van der Waals surface area contributed by atoms with Gasteiger partial charge in [-0.05, 0) is 31.7 Å². The molecule has 0 amide bonds. The lowest BCUT2D eigenvalue weighted by molar-refractivity contribution is 0.218. The van der Waals surface area contributed by atoms with E-state index >= 15 is 0 Å². The first-order valence-corrected chi connectivity index (χ1v) is 5.25. The first-order valence-electron chi connectivity index (χ1n) is 5.25. The minimum Gasteiger partial charge on any atom is -0.396 e. The van der Waals surface area contributed by atoms with Crippen LogP contribution in [0, 0.1) is 5.92 Å². The van der Waals surface area contributed by atoms with Gasteiger partial charge >= 0.3 is 0 Å². The van der Waals surface area contributed by atoms with Crippen molar-refractivity contribution in [1.29, 1.82) is 0 Å². The predicted molar refractivity (Wildman–Crippen MR) is 49.0 cm³/mol. The zero-order valence-corrected chi connectivity index (χ0v) is 7.71. The molecule has 2 nitrogen and oxygen atoms in total. The number of hydrogen-bond donors (Lipinski definition) is 1. The smallest absolute Gasteiger partial charge is 0.0472 e. The summed E-state index contributed by atoms with van der Waals surface area (Å²) in [4.78, 5) is 2.59. The Hall–Kier alpha value is -0.0800. The first kappa shape index (κ1) is 8.52. The molecule has 70 valence electrons. The van der Waals surface area contributed by atoms with E-state index in [0.717, 1.165) is 12.6 Å². The predicted octanol–water partition coefficient (Wildman–Crippen LogP) is 1.24. The Kier molecular flexibility index (Phi) is 2.66. The van der Waals surface area contributed by atoms with Crippen LogP contribution in [0.4, 0.5) is 0 Å². The third kappa shape index (κ3) is 1.64. The number of nitrogens with zero attached hydrogens (tertiary/aromatic N) is 1. The monoisotopic (exact) mass is 169 g/mol. The summed E-state index contributed by atoms with van der Waals surface area (Å²) in [5, 5.41) is 9.06. The van der Waals surface area contributed by atoms with Crippen molar-refractivity contribution in [3.8, 4) is 0 Å². The molecule has 2 rings (SSSR count). The molecular formula is C10H19NO.